The first-order chi connectivity index (χ1) is 14.0. The normalized spacial score (nSPS) is 14.1. The fourth-order valence-corrected chi connectivity index (χ4v) is 4.18. The number of hydrogen-bond donors (Lipinski definition) is 1. The van der Waals surface area contributed by atoms with Crippen LogP contribution < -0.4 is 5.32 Å². The molecule has 4 rings (SSSR count). The van der Waals surface area contributed by atoms with E-state index in [1.807, 2.05) is 73.0 Å². The Bertz CT molecular complexity index is 1090. The summed E-state index contributed by atoms with van der Waals surface area (Å²) in [5.41, 5.74) is 3.61. The number of amides is 2. The molecule has 3 aromatic rings. The molecule has 146 valence electrons. The van der Waals surface area contributed by atoms with E-state index in [4.69, 9.17) is 11.6 Å². The number of benzene rings is 2. The first-order valence-electron chi connectivity index (χ1n) is 9.26. The Hall–Kier alpha value is -2.89. The topological polar surface area (TPSA) is 49.4 Å². The van der Waals surface area contributed by atoms with Crippen LogP contribution in [0.5, 0.6) is 0 Å². The Kier molecular flexibility index (Phi) is 5.51. The van der Waals surface area contributed by atoms with E-state index in [0.717, 1.165) is 21.7 Å². The molecule has 0 saturated carbocycles. The molecule has 1 aromatic heterocycles. The van der Waals surface area contributed by atoms with Gasteiger partial charge in [-0.2, -0.15) is 0 Å². The molecule has 0 saturated heterocycles. The molecule has 2 heterocycles. The van der Waals surface area contributed by atoms with Crippen LogP contribution in [0.1, 0.15) is 16.0 Å². The SMILES string of the molecule is Cc1ccccc1NC1=C(c2cccs2)C(=O)N(CCc2ccc(Cl)cc2)C1=O. The van der Waals surface area contributed by atoms with Crippen LogP contribution in [0.4, 0.5) is 5.69 Å². The molecule has 1 aliphatic rings. The Morgan fingerprint density at radius 2 is 1.72 bits per heavy atom. The zero-order valence-corrected chi connectivity index (χ0v) is 17.4. The van der Waals surface area contributed by atoms with Crippen molar-refractivity contribution in [2.45, 2.75) is 13.3 Å². The quantitative estimate of drug-likeness (QED) is 0.559. The molecule has 0 spiro atoms. The van der Waals surface area contributed by atoms with Crippen LogP contribution in [-0.4, -0.2) is 23.3 Å². The maximum atomic E-state index is 13.2. The van der Waals surface area contributed by atoms with Crippen molar-refractivity contribution < 1.29 is 9.59 Å². The highest BCUT2D eigenvalue weighted by Gasteiger charge is 2.39. The van der Waals surface area contributed by atoms with Gasteiger partial charge in [0.15, 0.2) is 0 Å². The molecule has 0 radical (unpaired) electrons. The van der Waals surface area contributed by atoms with Crippen LogP contribution in [0.15, 0.2) is 71.7 Å². The van der Waals surface area contributed by atoms with E-state index >= 15 is 0 Å². The number of imide groups is 1. The van der Waals surface area contributed by atoms with Crippen molar-refractivity contribution in [2.24, 2.45) is 0 Å². The van der Waals surface area contributed by atoms with Crippen molar-refractivity contribution in [2.75, 3.05) is 11.9 Å². The number of anilines is 1. The van der Waals surface area contributed by atoms with Crippen LogP contribution >= 0.6 is 22.9 Å². The lowest BCUT2D eigenvalue weighted by atomic mass is 10.1. The minimum atomic E-state index is -0.296. The number of nitrogens with zero attached hydrogens (tertiary/aromatic N) is 1. The van der Waals surface area contributed by atoms with E-state index in [9.17, 15) is 9.59 Å². The van der Waals surface area contributed by atoms with Crippen molar-refractivity contribution in [3.05, 3.63) is 92.8 Å². The summed E-state index contributed by atoms with van der Waals surface area (Å²) in [4.78, 5) is 28.5. The number of thiophene rings is 1. The molecule has 4 nitrogen and oxygen atoms in total. The molecule has 0 unspecified atom stereocenters. The van der Waals surface area contributed by atoms with Gasteiger partial charge in [-0.05, 0) is 54.1 Å². The molecule has 1 aliphatic heterocycles. The summed E-state index contributed by atoms with van der Waals surface area (Å²) in [5.74, 6) is -0.557. The van der Waals surface area contributed by atoms with Crippen molar-refractivity contribution in [3.63, 3.8) is 0 Å². The smallest absolute Gasteiger partial charge is 0.278 e. The van der Waals surface area contributed by atoms with Crippen molar-refractivity contribution in [1.29, 1.82) is 0 Å². The lowest BCUT2D eigenvalue weighted by Gasteiger charge is -2.15. The number of rotatable bonds is 6. The standard InChI is InChI=1S/C23H19ClN2O2S/c1-15-5-2-3-6-18(15)25-21-20(19-7-4-14-29-19)22(27)26(23(21)28)13-12-16-8-10-17(24)11-9-16/h2-11,14,25H,12-13H2,1H3. The van der Waals surface area contributed by atoms with E-state index in [2.05, 4.69) is 5.32 Å². The fourth-order valence-electron chi connectivity index (χ4n) is 3.28. The summed E-state index contributed by atoms with van der Waals surface area (Å²) < 4.78 is 0. The van der Waals surface area contributed by atoms with Crippen LogP contribution in [0.3, 0.4) is 0 Å². The second-order valence-corrected chi connectivity index (χ2v) is 8.19. The number of carbonyl (C=O) groups is 2. The third-order valence-electron chi connectivity index (χ3n) is 4.88. The summed E-state index contributed by atoms with van der Waals surface area (Å²) in [6.45, 7) is 2.28. The average Bonchev–Trinajstić information content (AvgIpc) is 3.31. The summed E-state index contributed by atoms with van der Waals surface area (Å²) in [6, 6.07) is 18.9. The van der Waals surface area contributed by atoms with Gasteiger partial charge in [-0.15, -0.1) is 11.3 Å². The molecule has 6 heteroatoms. The highest BCUT2D eigenvalue weighted by Crippen LogP contribution is 2.33. The largest absolute Gasteiger partial charge is 0.350 e. The maximum absolute atomic E-state index is 13.2. The first kappa shape index (κ1) is 19.4. The van der Waals surface area contributed by atoms with E-state index < -0.39 is 0 Å². The van der Waals surface area contributed by atoms with Gasteiger partial charge in [0.05, 0.1) is 5.57 Å². The van der Waals surface area contributed by atoms with Gasteiger partial charge in [-0.25, -0.2) is 0 Å². The Balaban J connectivity index is 1.63. The molecule has 2 aromatic carbocycles. The number of hydrogen-bond acceptors (Lipinski definition) is 4. The first-order valence-corrected chi connectivity index (χ1v) is 10.5. The van der Waals surface area contributed by atoms with Crippen LogP contribution in [0.2, 0.25) is 5.02 Å². The zero-order valence-electron chi connectivity index (χ0n) is 15.8. The fraction of sp³-hybridized carbons (Fsp3) is 0.130. The van der Waals surface area contributed by atoms with Crippen LogP contribution in [-0.2, 0) is 16.0 Å². The van der Waals surface area contributed by atoms with Gasteiger partial charge in [0.25, 0.3) is 11.8 Å². The van der Waals surface area contributed by atoms with Gasteiger partial charge in [0, 0.05) is 22.1 Å². The number of nitrogens with one attached hydrogen (secondary N) is 1. The second-order valence-electron chi connectivity index (χ2n) is 6.81. The molecular weight excluding hydrogens is 404 g/mol. The van der Waals surface area contributed by atoms with Crippen molar-refractivity contribution in [1.82, 2.24) is 4.90 Å². The molecule has 0 aliphatic carbocycles. The highest BCUT2D eigenvalue weighted by molar-refractivity contribution is 7.11. The van der Waals surface area contributed by atoms with E-state index in [-0.39, 0.29) is 11.8 Å². The molecule has 2 amide bonds. The minimum Gasteiger partial charge on any atom is -0.350 e. The lowest BCUT2D eigenvalue weighted by molar-refractivity contribution is -0.136. The Morgan fingerprint density at radius 3 is 2.41 bits per heavy atom. The van der Waals surface area contributed by atoms with E-state index in [1.165, 1.54) is 16.2 Å². The molecule has 0 atom stereocenters. The number of aryl methyl sites for hydroxylation is 1. The third-order valence-corrected chi connectivity index (χ3v) is 6.02. The van der Waals surface area contributed by atoms with E-state index in [0.29, 0.717) is 29.3 Å². The average molecular weight is 423 g/mol. The molecule has 0 fully saturated rings. The molecule has 0 bridgehead atoms. The van der Waals surface area contributed by atoms with Crippen molar-refractivity contribution in [3.8, 4) is 0 Å². The van der Waals surface area contributed by atoms with Crippen LogP contribution in [0.25, 0.3) is 5.57 Å². The number of carbonyl (C=O) groups excluding carboxylic acids is 2. The Labute approximate surface area is 178 Å². The predicted molar refractivity (Wildman–Crippen MR) is 118 cm³/mol. The number of para-hydroxylation sites is 1. The highest BCUT2D eigenvalue weighted by atomic mass is 35.5. The van der Waals surface area contributed by atoms with Gasteiger partial charge >= 0.3 is 0 Å². The maximum Gasteiger partial charge on any atom is 0.278 e. The van der Waals surface area contributed by atoms with Gasteiger partial charge in [-0.1, -0.05) is 48.0 Å². The van der Waals surface area contributed by atoms with Crippen LogP contribution in [0, 0.1) is 6.92 Å². The molecule has 29 heavy (non-hydrogen) atoms. The summed E-state index contributed by atoms with van der Waals surface area (Å²) in [5, 5.41) is 5.79. The monoisotopic (exact) mass is 422 g/mol. The summed E-state index contributed by atoms with van der Waals surface area (Å²) >= 11 is 7.39. The third kappa shape index (κ3) is 3.97. The summed E-state index contributed by atoms with van der Waals surface area (Å²) in [7, 11) is 0. The van der Waals surface area contributed by atoms with Gasteiger partial charge < -0.3 is 5.32 Å². The van der Waals surface area contributed by atoms with Gasteiger partial charge in [0.1, 0.15) is 5.70 Å². The van der Waals surface area contributed by atoms with Gasteiger partial charge in [-0.3, -0.25) is 14.5 Å². The lowest BCUT2D eigenvalue weighted by Crippen LogP contribution is -2.34. The molecule has 1 N–H and O–H groups in total. The second kappa shape index (κ2) is 8.23. The van der Waals surface area contributed by atoms with E-state index in [1.54, 1.807) is 0 Å². The summed E-state index contributed by atoms with van der Waals surface area (Å²) in [6.07, 6.45) is 0.573. The van der Waals surface area contributed by atoms with Gasteiger partial charge in [0.2, 0.25) is 0 Å². The Morgan fingerprint density at radius 1 is 0.966 bits per heavy atom. The minimum absolute atomic E-state index is 0.262. The van der Waals surface area contributed by atoms with Crippen molar-refractivity contribution >= 4 is 46.0 Å². The predicted octanol–water partition coefficient (Wildman–Crippen LogP) is 5.14. The molecular formula is C23H19ClN2O2S. The number of halogens is 1. The zero-order chi connectivity index (χ0) is 20.4.